The maximum Gasteiger partial charge on any atom is 0.416 e. The molecule has 0 aliphatic carbocycles. The first-order valence-corrected chi connectivity index (χ1v) is 10.8. The lowest BCUT2D eigenvalue weighted by molar-refractivity contribution is -0.137. The van der Waals surface area contributed by atoms with Crippen molar-refractivity contribution in [3.05, 3.63) is 64.7 Å². The summed E-state index contributed by atoms with van der Waals surface area (Å²) in [6.07, 6.45) is -2.19. The molecule has 0 saturated heterocycles. The van der Waals surface area contributed by atoms with E-state index in [-0.39, 0.29) is 11.1 Å². The molecule has 2 aromatic carbocycles. The second-order valence-electron chi connectivity index (χ2n) is 6.86. The maximum absolute atomic E-state index is 12.6. The van der Waals surface area contributed by atoms with E-state index >= 15 is 0 Å². The molecule has 160 valence electrons. The summed E-state index contributed by atoms with van der Waals surface area (Å²) in [7, 11) is -3.43. The normalized spacial score (nSPS) is 14.2. The average Bonchev–Trinajstić information content (AvgIpc) is 2.69. The van der Waals surface area contributed by atoms with E-state index in [1.807, 2.05) is 0 Å². The summed E-state index contributed by atoms with van der Waals surface area (Å²) in [5.41, 5.74) is 0.468. The molecule has 1 aliphatic rings. The number of alkyl halides is 3. The number of carbonyl (C=O) groups is 2. The van der Waals surface area contributed by atoms with Gasteiger partial charge >= 0.3 is 12.1 Å². The zero-order valence-corrected chi connectivity index (χ0v) is 16.7. The Kier molecular flexibility index (Phi) is 5.89. The van der Waals surface area contributed by atoms with Crippen LogP contribution in [0.15, 0.2) is 42.5 Å². The number of esters is 1. The molecule has 0 amide bonds. The number of sulfonamides is 1. The van der Waals surface area contributed by atoms with Gasteiger partial charge in [-0.15, -0.1) is 0 Å². The molecule has 0 spiro atoms. The highest BCUT2D eigenvalue weighted by Gasteiger charge is 2.30. The van der Waals surface area contributed by atoms with Crippen molar-refractivity contribution in [2.24, 2.45) is 0 Å². The van der Waals surface area contributed by atoms with Gasteiger partial charge in [-0.3, -0.25) is 9.10 Å². The van der Waals surface area contributed by atoms with Crippen LogP contribution in [0.25, 0.3) is 0 Å². The van der Waals surface area contributed by atoms with Gasteiger partial charge in [0, 0.05) is 12.1 Å². The monoisotopic (exact) mass is 441 g/mol. The van der Waals surface area contributed by atoms with E-state index in [0.29, 0.717) is 30.6 Å². The van der Waals surface area contributed by atoms with E-state index in [4.69, 9.17) is 4.74 Å². The van der Waals surface area contributed by atoms with Crippen LogP contribution in [0.1, 0.15) is 38.3 Å². The third kappa shape index (κ3) is 4.81. The Balaban J connectivity index is 1.67. The molecule has 0 N–H and O–H groups in total. The molecule has 3 rings (SSSR count). The second kappa shape index (κ2) is 8.10. The van der Waals surface area contributed by atoms with Gasteiger partial charge in [0.2, 0.25) is 10.0 Å². The van der Waals surface area contributed by atoms with E-state index in [9.17, 15) is 31.2 Å². The summed E-state index contributed by atoms with van der Waals surface area (Å²) in [4.78, 5) is 24.4. The SMILES string of the molecule is CS(=O)(=O)N1CCCc2cc(C(=O)COC(=O)c3ccc(C(F)(F)F)cc3)ccc21. The van der Waals surface area contributed by atoms with Crippen LogP contribution in [0.2, 0.25) is 0 Å². The first-order chi connectivity index (χ1) is 14.0. The van der Waals surface area contributed by atoms with Gasteiger partial charge in [-0.25, -0.2) is 13.2 Å². The molecule has 0 unspecified atom stereocenters. The molecule has 0 atom stereocenters. The van der Waals surface area contributed by atoms with Crippen LogP contribution in [0.5, 0.6) is 0 Å². The number of carbonyl (C=O) groups excluding carboxylic acids is 2. The van der Waals surface area contributed by atoms with Gasteiger partial charge in [-0.2, -0.15) is 13.2 Å². The lowest BCUT2D eigenvalue weighted by Gasteiger charge is -2.29. The minimum Gasteiger partial charge on any atom is -0.454 e. The van der Waals surface area contributed by atoms with E-state index < -0.39 is 40.1 Å². The van der Waals surface area contributed by atoms with Crippen molar-refractivity contribution in [1.82, 2.24) is 0 Å². The highest BCUT2D eigenvalue weighted by molar-refractivity contribution is 7.92. The number of Topliss-reactive ketones (excluding diaryl/α,β-unsaturated/α-hetero) is 1. The predicted octanol–water partition coefficient (Wildman–Crippen LogP) is 3.46. The molecule has 0 saturated carbocycles. The van der Waals surface area contributed by atoms with E-state index in [1.54, 1.807) is 12.1 Å². The smallest absolute Gasteiger partial charge is 0.416 e. The first kappa shape index (κ1) is 21.8. The summed E-state index contributed by atoms with van der Waals surface area (Å²) >= 11 is 0. The minimum absolute atomic E-state index is 0.106. The van der Waals surface area contributed by atoms with Crippen molar-refractivity contribution in [2.75, 3.05) is 23.7 Å². The number of hydrogen-bond donors (Lipinski definition) is 0. The van der Waals surface area contributed by atoms with Crippen molar-refractivity contribution in [1.29, 1.82) is 0 Å². The predicted molar refractivity (Wildman–Crippen MR) is 103 cm³/mol. The minimum atomic E-state index is -4.52. The van der Waals surface area contributed by atoms with Crippen molar-refractivity contribution in [3.8, 4) is 0 Å². The van der Waals surface area contributed by atoms with Gasteiger partial charge in [0.1, 0.15) is 0 Å². The summed E-state index contributed by atoms with van der Waals surface area (Å²) in [6, 6.07) is 8.05. The number of aryl methyl sites for hydroxylation is 1. The fourth-order valence-corrected chi connectivity index (χ4v) is 4.17. The lowest BCUT2D eigenvalue weighted by atomic mass is 9.99. The topological polar surface area (TPSA) is 80.8 Å². The van der Waals surface area contributed by atoms with Gasteiger partial charge in [-0.1, -0.05) is 0 Å². The quantitative estimate of drug-likeness (QED) is 0.525. The van der Waals surface area contributed by atoms with Crippen LogP contribution in [0.4, 0.5) is 18.9 Å². The number of rotatable bonds is 5. The molecule has 0 fully saturated rings. The third-order valence-electron chi connectivity index (χ3n) is 4.66. The molecular formula is C20H18F3NO5S. The molecule has 6 nitrogen and oxygen atoms in total. The Hall–Kier alpha value is -2.88. The van der Waals surface area contributed by atoms with Crippen molar-refractivity contribution in [3.63, 3.8) is 0 Å². The molecule has 1 heterocycles. The van der Waals surface area contributed by atoms with E-state index in [2.05, 4.69) is 0 Å². The van der Waals surface area contributed by atoms with Crippen LogP contribution in [-0.2, 0) is 27.4 Å². The van der Waals surface area contributed by atoms with Gasteiger partial charge in [0.15, 0.2) is 12.4 Å². The molecule has 10 heteroatoms. The number of fused-ring (bicyclic) bond motifs is 1. The largest absolute Gasteiger partial charge is 0.454 e. The Labute approximate surface area is 171 Å². The van der Waals surface area contributed by atoms with Crippen molar-refractivity contribution < 1.29 is 35.9 Å². The fraction of sp³-hybridized carbons (Fsp3) is 0.300. The van der Waals surface area contributed by atoms with Crippen LogP contribution < -0.4 is 4.31 Å². The molecule has 0 aromatic heterocycles. The Morgan fingerprint density at radius 1 is 1.07 bits per heavy atom. The zero-order chi connectivity index (χ0) is 22.1. The first-order valence-electron chi connectivity index (χ1n) is 8.95. The molecule has 2 aromatic rings. The highest BCUT2D eigenvalue weighted by atomic mass is 32.2. The number of hydrogen-bond acceptors (Lipinski definition) is 5. The molecule has 30 heavy (non-hydrogen) atoms. The highest BCUT2D eigenvalue weighted by Crippen LogP contribution is 2.30. The average molecular weight is 441 g/mol. The summed E-state index contributed by atoms with van der Waals surface area (Å²) in [5.74, 6) is -1.42. The standard InChI is InChI=1S/C20H18F3NO5S/c1-30(27,28)24-10-2-3-14-11-15(6-9-17(14)24)18(25)12-29-19(26)13-4-7-16(8-5-13)20(21,22)23/h4-9,11H,2-3,10,12H2,1H3. The van der Waals surface area contributed by atoms with Gasteiger partial charge in [0.25, 0.3) is 0 Å². The molecule has 0 radical (unpaired) electrons. The van der Waals surface area contributed by atoms with Crippen molar-refractivity contribution >= 4 is 27.5 Å². The zero-order valence-electron chi connectivity index (χ0n) is 15.9. The van der Waals surface area contributed by atoms with Crippen LogP contribution in [0.3, 0.4) is 0 Å². The summed E-state index contributed by atoms with van der Waals surface area (Å²) < 4.78 is 67.7. The Morgan fingerprint density at radius 3 is 2.30 bits per heavy atom. The summed E-state index contributed by atoms with van der Waals surface area (Å²) in [6.45, 7) is -0.224. The molecule has 1 aliphatic heterocycles. The van der Waals surface area contributed by atoms with Crippen molar-refractivity contribution in [2.45, 2.75) is 19.0 Å². The maximum atomic E-state index is 12.6. The van der Waals surface area contributed by atoms with Gasteiger partial charge in [0.05, 0.1) is 23.1 Å². The third-order valence-corrected chi connectivity index (χ3v) is 5.84. The van der Waals surface area contributed by atoms with Crippen LogP contribution in [-0.4, -0.2) is 39.6 Å². The van der Waals surface area contributed by atoms with Gasteiger partial charge < -0.3 is 4.74 Å². The van der Waals surface area contributed by atoms with Crippen LogP contribution >= 0.6 is 0 Å². The number of ketones is 1. The molecular weight excluding hydrogens is 423 g/mol. The Morgan fingerprint density at radius 2 is 1.70 bits per heavy atom. The van der Waals surface area contributed by atoms with E-state index in [1.165, 1.54) is 10.4 Å². The Bertz CT molecular complexity index is 1080. The number of ether oxygens (including phenoxy) is 1. The van der Waals surface area contributed by atoms with Crippen LogP contribution in [0, 0.1) is 0 Å². The number of halogens is 3. The summed E-state index contributed by atoms with van der Waals surface area (Å²) in [5, 5.41) is 0. The molecule has 0 bridgehead atoms. The van der Waals surface area contributed by atoms with Gasteiger partial charge in [-0.05, 0) is 60.9 Å². The fourth-order valence-electron chi connectivity index (χ4n) is 3.17. The lowest BCUT2D eigenvalue weighted by Crippen LogP contribution is -2.34. The second-order valence-corrected chi connectivity index (χ2v) is 8.76. The number of anilines is 1. The number of nitrogens with zero attached hydrogens (tertiary/aromatic N) is 1. The number of benzene rings is 2. The van der Waals surface area contributed by atoms with E-state index in [0.717, 1.165) is 30.5 Å².